The second-order valence-electron chi connectivity index (χ2n) is 4.00. The van der Waals surface area contributed by atoms with E-state index in [1.54, 1.807) is 13.0 Å². The molecule has 0 atom stereocenters. The molecule has 1 amide bonds. The van der Waals surface area contributed by atoms with Gasteiger partial charge in [0.1, 0.15) is 10.6 Å². The summed E-state index contributed by atoms with van der Waals surface area (Å²) in [5.74, 6) is -1.17. The first-order chi connectivity index (χ1) is 9.29. The largest absolute Gasteiger partial charge is 0.506 e. The van der Waals surface area contributed by atoms with Gasteiger partial charge in [0.25, 0.3) is 5.91 Å². The molecular weight excluding hydrogens is 293 g/mol. The third-order valence-electron chi connectivity index (χ3n) is 2.44. The quantitative estimate of drug-likeness (QED) is 0.835. The van der Waals surface area contributed by atoms with Gasteiger partial charge in [0, 0.05) is 0 Å². The van der Waals surface area contributed by atoms with E-state index in [0.29, 0.717) is 11.3 Å². The molecule has 0 unspecified atom stereocenters. The molecule has 0 radical (unpaired) electrons. The highest BCUT2D eigenvalue weighted by Gasteiger charge is 2.38. The van der Waals surface area contributed by atoms with Crippen LogP contribution in [0.4, 0.5) is 18.9 Å². The Balaban J connectivity index is 2.27. The smallest absolute Gasteiger partial charge is 0.434 e. The van der Waals surface area contributed by atoms with E-state index in [2.05, 4.69) is 10.3 Å². The van der Waals surface area contributed by atoms with Crippen LogP contribution in [-0.4, -0.2) is 16.0 Å². The number of anilines is 1. The minimum Gasteiger partial charge on any atom is -0.506 e. The highest BCUT2D eigenvalue weighted by atomic mass is 32.1. The number of carbonyl (C=O) groups is 1. The molecule has 106 valence electrons. The lowest BCUT2D eigenvalue weighted by atomic mass is 10.2. The van der Waals surface area contributed by atoms with Gasteiger partial charge in [-0.05, 0) is 24.6 Å². The fraction of sp³-hybridized carbons (Fsp3) is 0.167. The molecule has 20 heavy (non-hydrogen) atoms. The number of aryl methyl sites for hydroxylation is 1. The molecule has 4 nitrogen and oxygen atoms in total. The molecule has 1 heterocycles. The van der Waals surface area contributed by atoms with Crippen LogP contribution in [0.15, 0.2) is 23.7 Å². The van der Waals surface area contributed by atoms with Crippen molar-refractivity contribution in [1.29, 1.82) is 0 Å². The maximum absolute atomic E-state index is 12.6. The van der Waals surface area contributed by atoms with Gasteiger partial charge in [-0.3, -0.25) is 4.79 Å². The topological polar surface area (TPSA) is 62.2 Å². The van der Waals surface area contributed by atoms with Crippen LogP contribution in [0.2, 0.25) is 0 Å². The number of hydrogen-bond donors (Lipinski definition) is 2. The molecule has 2 rings (SSSR count). The van der Waals surface area contributed by atoms with E-state index in [0.717, 1.165) is 11.1 Å². The Hall–Kier alpha value is -2.09. The van der Waals surface area contributed by atoms with Gasteiger partial charge in [0.05, 0.1) is 11.2 Å². The van der Waals surface area contributed by atoms with Crippen LogP contribution in [0.25, 0.3) is 0 Å². The maximum Gasteiger partial charge on any atom is 0.434 e. The van der Waals surface area contributed by atoms with Crippen molar-refractivity contribution in [3.8, 4) is 5.75 Å². The third-order valence-corrected chi connectivity index (χ3v) is 3.27. The first kappa shape index (κ1) is 14.3. The van der Waals surface area contributed by atoms with Crippen molar-refractivity contribution >= 4 is 22.9 Å². The van der Waals surface area contributed by atoms with Crippen molar-refractivity contribution in [3.05, 3.63) is 39.8 Å². The van der Waals surface area contributed by atoms with Gasteiger partial charge in [-0.25, -0.2) is 4.98 Å². The van der Waals surface area contributed by atoms with Gasteiger partial charge in [0.2, 0.25) is 0 Å². The van der Waals surface area contributed by atoms with Gasteiger partial charge in [0.15, 0.2) is 5.69 Å². The summed E-state index contributed by atoms with van der Waals surface area (Å²) in [5.41, 5.74) is 0.523. The lowest BCUT2D eigenvalue weighted by Crippen LogP contribution is -2.17. The second kappa shape index (κ2) is 5.12. The molecule has 0 bridgehead atoms. The van der Waals surface area contributed by atoms with E-state index in [1.807, 2.05) is 0 Å². The Labute approximate surface area is 115 Å². The van der Waals surface area contributed by atoms with E-state index in [4.69, 9.17) is 0 Å². The molecule has 8 heteroatoms. The van der Waals surface area contributed by atoms with Crippen molar-refractivity contribution < 1.29 is 23.1 Å². The predicted molar refractivity (Wildman–Crippen MR) is 67.9 cm³/mol. The summed E-state index contributed by atoms with van der Waals surface area (Å²) in [7, 11) is 0. The third kappa shape index (κ3) is 2.90. The minimum absolute atomic E-state index is 0.0436. The summed E-state index contributed by atoms with van der Waals surface area (Å²) in [6.07, 6.45) is -4.69. The number of halogens is 3. The number of nitrogens with one attached hydrogen (secondary N) is 1. The minimum atomic E-state index is -4.69. The molecule has 0 spiro atoms. The van der Waals surface area contributed by atoms with Gasteiger partial charge in [-0.15, -0.1) is 11.3 Å². The van der Waals surface area contributed by atoms with Crippen molar-refractivity contribution in [1.82, 2.24) is 4.98 Å². The van der Waals surface area contributed by atoms with E-state index >= 15 is 0 Å². The highest BCUT2D eigenvalue weighted by Crippen LogP contribution is 2.33. The highest BCUT2D eigenvalue weighted by molar-refractivity contribution is 7.12. The Kier molecular flexibility index (Phi) is 3.67. The maximum atomic E-state index is 12.6. The standard InChI is InChI=1S/C12H9F3N2O2S/c1-6-2-3-7(8(18)4-6)17-11(19)9-10(12(13,14)15)16-5-20-9/h2-5,18H,1H3,(H,17,19). The predicted octanol–water partition coefficient (Wildman–Crippen LogP) is 3.43. The number of phenolic OH excluding ortho intramolecular Hbond substituents is 1. The van der Waals surface area contributed by atoms with E-state index in [-0.39, 0.29) is 11.4 Å². The summed E-state index contributed by atoms with van der Waals surface area (Å²) in [5, 5.41) is 11.9. The van der Waals surface area contributed by atoms with Gasteiger partial charge < -0.3 is 10.4 Å². The van der Waals surface area contributed by atoms with Crippen LogP contribution in [0.5, 0.6) is 5.75 Å². The van der Waals surface area contributed by atoms with Gasteiger partial charge in [-0.2, -0.15) is 13.2 Å². The first-order valence-corrected chi connectivity index (χ1v) is 6.28. The SMILES string of the molecule is Cc1ccc(NC(=O)c2scnc2C(F)(F)F)c(O)c1. The van der Waals surface area contributed by atoms with E-state index < -0.39 is 22.7 Å². The molecule has 2 N–H and O–H groups in total. The molecule has 0 aliphatic heterocycles. The second-order valence-corrected chi connectivity index (χ2v) is 4.86. The Morgan fingerprint density at radius 1 is 1.40 bits per heavy atom. The summed E-state index contributed by atoms with van der Waals surface area (Å²) in [6.45, 7) is 1.73. The van der Waals surface area contributed by atoms with Crippen LogP contribution in [0.3, 0.4) is 0 Å². The lowest BCUT2D eigenvalue weighted by Gasteiger charge is -2.09. The number of alkyl halides is 3. The number of phenols is 1. The number of amides is 1. The van der Waals surface area contributed by atoms with E-state index in [9.17, 15) is 23.1 Å². The van der Waals surface area contributed by atoms with Crippen molar-refractivity contribution in [2.45, 2.75) is 13.1 Å². The lowest BCUT2D eigenvalue weighted by molar-refractivity contribution is -0.141. The summed E-state index contributed by atoms with van der Waals surface area (Å²) >= 11 is 0.588. The Morgan fingerprint density at radius 2 is 2.10 bits per heavy atom. The zero-order chi connectivity index (χ0) is 14.9. The van der Waals surface area contributed by atoms with Gasteiger partial charge >= 0.3 is 6.18 Å². The average Bonchev–Trinajstić information content (AvgIpc) is 2.81. The number of hydrogen-bond acceptors (Lipinski definition) is 4. The van der Waals surface area contributed by atoms with Crippen LogP contribution in [0.1, 0.15) is 20.9 Å². The zero-order valence-corrected chi connectivity index (χ0v) is 11.0. The molecule has 0 saturated carbocycles. The molecule has 1 aromatic heterocycles. The number of carbonyl (C=O) groups excluding carboxylic acids is 1. The summed E-state index contributed by atoms with van der Waals surface area (Å²) < 4.78 is 37.9. The summed E-state index contributed by atoms with van der Waals surface area (Å²) in [6, 6.07) is 4.43. The van der Waals surface area contributed by atoms with Crippen LogP contribution < -0.4 is 5.32 Å². The molecular formula is C12H9F3N2O2S. The number of aromatic nitrogens is 1. The molecule has 0 fully saturated rings. The average molecular weight is 302 g/mol. The van der Waals surface area contributed by atoms with Crippen LogP contribution >= 0.6 is 11.3 Å². The van der Waals surface area contributed by atoms with Crippen molar-refractivity contribution in [2.75, 3.05) is 5.32 Å². The molecule has 2 aromatic rings. The van der Waals surface area contributed by atoms with Crippen molar-refractivity contribution in [3.63, 3.8) is 0 Å². The summed E-state index contributed by atoms with van der Waals surface area (Å²) in [4.78, 5) is 14.4. The first-order valence-electron chi connectivity index (χ1n) is 5.40. The number of benzene rings is 1. The number of nitrogens with zero attached hydrogens (tertiary/aromatic N) is 1. The number of thiazole rings is 1. The molecule has 0 saturated heterocycles. The fourth-order valence-electron chi connectivity index (χ4n) is 1.54. The van der Waals surface area contributed by atoms with E-state index in [1.165, 1.54) is 12.1 Å². The van der Waals surface area contributed by atoms with Crippen LogP contribution in [0, 0.1) is 6.92 Å². The molecule has 1 aromatic carbocycles. The Morgan fingerprint density at radius 3 is 2.70 bits per heavy atom. The molecule has 0 aliphatic carbocycles. The fourth-order valence-corrected chi connectivity index (χ4v) is 2.24. The van der Waals surface area contributed by atoms with Crippen molar-refractivity contribution in [2.24, 2.45) is 0 Å². The normalized spacial score (nSPS) is 11.4. The number of aromatic hydroxyl groups is 1. The van der Waals surface area contributed by atoms with Gasteiger partial charge in [-0.1, -0.05) is 6.07 Å². The zero-order valence-electron chi connectivity index (χ0n) is 10.2. The Bertz CT molecular complexity index is 652. The number of rotatable bonds is 2. The van der Waals surface area contributed by atoms with Crippen LogP contribution in [-0.2, 0) is 6.18 Å². The monoisotopic (exact) mass is 302 g/mol. The molecule has 0 aliphatic rings.